The predicted octanol–water partition coefficient (Wildman–Crippen LogP) is -3.06. The number of anilines is 1. The number of carboxylic acid groups (broad SMARTS) is 5. The lowest BCUT2D eigenvalue weighted by molar-refractivity contribution is -0.144. The summed E-state index contributed by atoms with van der Waals surface area (Å²) in [4.78, 5) is 138. The number of hydrogen-bond acceptors (Lipinski definition) is 17. The average Bonchev–Trinajstić information content (AvgIpc) is 3.65. The number of aliphatic imine (C=N–C) groups is 1. The number of hydrogen-bond donors (Lipinski definition) is 15. The zero-order valence-corrected chi connectivity index (χ0v) is 47.4. The fraction of sp³-hybridized carbons (Fsp3) is 0.547. The largest absolute Gasteiger partial charge is 0.508 e. The number of guanidine groups is 1. The minimum atomic E-state index is -1.68. The Morgan fingerprint density at radius 2 is 1.15 bits per heavy atom. The Balaban J connectivity index is 1.42. The van der Waals surface area contributed by atoms with Gasteiger partial charge in [-0.1, -0.05) is 24.3 Å². The first kappa shape index (κ1) is 68.2. The molecule has 31 heteroatoms. The fourth-order valence-electron chi connectivity index (χ4n) is 9.42. The first-order valence-electron chi connectivity index (χ1n) is 27.4. The molecule has 0 aliphatic carbocycles. The maximum Gasteiger partial charge on any atom is 0.317 e. The van der Waals surface area contributed by atoms with Gasteiger partial charge in [-0.3, -0.25) is 72.5 Å². The molecule has 2 aliphatic rings. The van der Waals surface area contributed by atoms with Gasteiger partial charge in [0, 0.05) is 77.1 Å². The number of nitrogens with one attached hydrogen (secondary N) is 7. The lowest BCUT2D eigenvalue weighted by atomic mass is 10.0. The van der Waals surface area contributed by atoms with E-state index in [0.29, 0.717) is 89.2 Å². The molecule has 84 heavy (non-hydrogen) atoms. The Bertz CT molecular complexity index is 2570. The number of nitrogens with zero attached hydrogens (tertiary/aromatic N) is 5. The standard InChI is InChI=1S/C53H78N14O16S/c54-52(55)56-18-4-8-38-48(80)58-27-42(69)60-41(26-43(70)71)51(83)63-40(25-34-11-15-37(68)16-12-34)50(82)62-39(49(81)61-38)7-1-2-17-57-53(84)59-35-13-9-33(10-14-35)5-3-6-36(67(31-46(76)77)32-47(78)79)28-64-19-21-65(29-44(72)73)23-24-66(22-20-64)30-45(74)75/h9-16,36,38-41,68H,1-8,17-32H2,(H,58,80)(H,60,69)(H,61,81)(H,62,82)(H,63,83)(H,70,71)(H,72,73)(H,74,75)(H,76,77)(H,78,79)(H4,54,55,56)(H2,57,59,84)/t36?,38-,39-,40+,41-/m0/s1. The molecule has 0 bridgehead atoms. The van der Waals surface area contributed by atoms with E-state index in [4.69, 9.17) is 23.7 Å². The van der Waals surface area contributed by atoms with Gasteiger partial charge < -0.3 is 79.3 Å². The molecule has 2 aliphatic heterocycles. The van der Waals surface area contributed by atoms with E-state index < -0.39 is 116 Å². The van der Waals surface area contributed by atoms with E-state index in [1.165, 1.54) is 29.2 Å². The van der Waals surface area contributed by atoms with E-state index in [1.807, 2.05) is 17.0 Å². The predicted molar refractivity (Wildman–Crippen MR) is 307 cm³/mol. The number of aryl methyl sites for hydroxylation is 1. The molecule has 5 atom stereocenters. The molecular weight excluding hydrogens is 1120 g/mol. The lowest BCUT2D eigenvalue weighted by Gasteiger charge is -2.35. The lowest BCUT2D eigenvalue weighted by Crippen LogP contribution is -2.58. The quantitative estimate of drug-likeness (QED) is 0.0166. The maximum absolute atomic E-state index is 14.2. The van der Waals surface area contributed by atoms with Gasteiger partial charge in [0.05, 0.1) is 39.1 Å². The number of aromatic hydroxyl groups is 1. The number of phenols is 1. The van der Waals surface area contributed by atoms with Crippen molar-refractivity contribution in [1.29, 1.82) is 0 Å². The molecule has 2 aromatic carbocycles. The summed E-state index contributed by atoms with van der Waals surface area (Å²) < 4.78 is 0. The van der Waals surface area contributed by atoms with Crippen LogP contribution >= 0.6 is 12.2 Å². The zero-order valence-electron chi connectivity index (χ0n) is 46.5. The monoisotopic (exact) mass is 1200 g/mol. The van der Waals surface area contributed by atoms with E-state index in [0.717, 1.165) is 5.56 Å². The number of rotatable bonds is 29. The molecule has 2 saturated heterocycles. The van der Waals surface area contributed by atoms with Gasteiger partial charge in [0.1, 0.15) is 29.9 Å². The zero-order chi connectivity index (χ0) is 61.7. The van der Waals surface area contributed by atoms with Crippen LogP contribution in [0.1, 0.15) is 62.5 Å². The molecule has 17 N–H and O–H groups in total. The van der Waals surface area contributed by atoms with Crippen LogP contribution in [0.3, 0.4) is 0 Å². The van der Waals surface area contributed by atoms with Gasteiger partial charge in [-0.25, -0.2) is 0 Å². The van der Waals surface area contributed by atoms with Crippen LogP contribution in [0.4, 0.5) is 5.69 Å². The summed E-state index contributed by atoms with van der Waals surface area (Å²) in [6, 6.07) is 6.87. The number of aliphatic carboxylic acids is 5. The third-order valence-corrected chi connectivity index (χ3v) is 13.9. The summed E-state index contributed by atoms with van der Waals surface area (Å²) in [6.07, 6.45) is 1.33. The molecule has 462 valence electrons. The highest BCUT2D eigenvalue weighted by Crippen LogP contribution is 2.18. The van der Waals surface area contributed by atoms with Gasteiger partial charge in [-0.15, -0.1) is 0 Å². The SMILES string of the molecule is NC(N)=NCCC[C@@H]1NC(=O)[C@H](CCCCNC(=S)Nc2ccc(CCCC(CN3CCN(CC(=O)O)CCN(CC(=O)O)CC3)N(CC(=O)O)CC(=O)O)cc2)NC(=O)[C@@H](Cc2ccc(O)cc2)NC(=O)[C@H](CC(=O)O)NC(=O)CNC1=O. The summed E-state index contributed by atoms with van der Waals surface area (Å²) in [7, 11) is 0. The van der Waals surface area contributed by atoms with Gasteiger partial charge in [0.25, 0.3) is 0 Å². The number of carbonyl (C=O) groups is 10. The van der Waals surface area contributed by atoms with Gasteiger partial charge in [0.15, 0.2) is 11.1 Å². The molecule has 1 unspecified atom stereocenters. The molecule has 2 fully saturated rings. The first-order chi connectivity index (χ1) is 39.9. The number of thiocarbonyl (C=S) groups is 1. The van der Waals surface area contributed by atoms with Crippen LogP contribution in [0.25, 0.3) is 0 Å². The van der Waals surface area contributed by atoms with E-state index in [2.05, 4.69) is 42.2 Å². The van der Waals surface area contributed by atoms with Crippen molar-refractivity contribution >= 4 is 88.4 Å². The van der Waals surface area contributed by atoms with Crippen molar-refractivity contribution in [2.24, 2.45) is 16.5 Å². The molecule has 0 spiro atoms. The van der Waals surface area contributed by atoms with Gasteiger partial charge in [0.2, 0.25) is 29.5 Å². The second kappa shape index (κ2) is 35.7. The Labute approximate surface area is 490 Å². The molecular formula is C53H78N14O16S. The van der Waals surface area contributed by atoms with Gasteiger partial charge >= 0.3 is 29.8 Å². The van der Waals surface area contributed by atoms with E-state index in [-0.39, 0.29) is 68.7 Å². The van der Waals surface area contributed by atoms with Crippen molar-refractivity contribution in [2.75, 3.05) is 96.9 Å². The van der Waals surface area contributed by atoms with Crippen LogP contribution in [-0.4, -0.2) is 243 Å². The van der Waals surface area contributed by atoms with Crippen molar-refractivity contribution < 1.29 is 78.6 Å². The molecule has 30 nitrogen and oxygen atoms in total. The third kappa shape index (κ3) is 26.8. The van der Waals surface area contributed by atoms with E-state index in [9.17, 15) is 78.6 Å². The Morgan fingerprint density at radius 3 is 1.71 bits per heavy atom. The summed E-state index contributed by atoms with van der Waals surface area (Å²) in [5.74, 6) is -10.6. The van der Waals surface area contributed by atoms with Crippen LogP contribution in [0.5, 0.6) is 5.75 Å². The number of nitrogens with two attached hydrogens (primary N) is 2. The van der Waals surface area contributed by atoms with Crippen LogP contribution in [0, 0.1) is 0 Å². The fourth-order valence-corrected chi connectivity index (χ4v) is 9.64. The number of amides is 5. The van der Waals surface area contributed by atoms with Crippen molar-refractivity contribution in [3.63, 3.8) is 0 Å². The molecule has 4 rings (SSSR count). The summed E-state index contributed by atoms with van der Waals surface area (Å²) in [5, 5.41) is 77.0. The minimum absolute atomic E-state index is 0.0102. The van der Waals surface area contributed by atoms with E-state index >= 15 is 0 Å². The van der Waals surface area contributed by atoms with Crippen LogP contribution in [0.15, 0.2) is 53.5 Å². The highest BCUT2D eigenvalue weighted by atomic mass is 32.1. The van der Waals surface area contributed by atoms with Crippen LogP contribution in [0.2, 0.25) is 0 Å². The smallest absolute Gasteiger partial charge is 0.317 e. The van der Waals surface area contributed by atoms with Crippen molar-refractivity contribution in [3.8, 4) is 5.75 Å². The third-order valence-electron chi connectivity index (χ3n) is 13.7. The minimum Gasteiger partial charge on any atom is -0.508 e. The number of benzene rings is 2. The van der Waals surface area contributed by atoms with Crippen LogP contribution in [-0.2, 0) is 60.8 Å². The Hall–Kier alpha value is -8.26. The van der Waals surface area contributed by atoms with Gasteiger partial charge in [-0.2, -0.15) is 0 Å². The van der Waals surface area contributed by atoms with Crippen LogP contribution < -0.4 is 48.7 Å². The average molecular weight is 1200 g/mol. The maximum atomic E-state index is 14.2. The molecule has 0 aromatic heterocycles. The molecule has 5 amide bonds. The molecule has 0 saturated carbocycles. The van der Waals surface area contributed by atoms with Crippen molar-refractivity contribution in [2.45, 2.75) is 94.4 Å². The van der Waals surface area contributed by atoms with E-state index in [1.54, 1.807) is 21.9 Å². The summed E-state index contributed by atoms with van der Waals surface area (Å²) in [5.41, 5.74) is 12.9. The number of carboxylic acids is 5. The normalized spacial score (nSPS) is 19.4. The molecule has 0 radical (unpaired) electrons. The Morgan fingerprint density at radius 1 is 0.631 bits per heavy atom. The highest BCUT2D eigenvalue weighted by molar-refractivity contribution is 7.80. The second-order valence-corrected chi connectivity index (χ2v) is 20.8. The second-order valence-electron chi connectivity index (χ2n) is 20.4. The molecule has 2 heterocycles. The number of carbonyl (C=O) groups excluding carboxylic acids is 5. The molecule has 2 aromatic rings. The Kier molecular flexibility index (Phi) is 29.0. The summed E-state index contributed by atoms with van der Waals surface area (Å²) >= 11 is 5.56. The number of phenolic OH excluding ortho intramolecular Hbond substituents is 1. The first-order valence-corrected chi connectivity index (χ1v) is 27.8. The summed E-state index contributed by atoms with van der Waals surface area (Å²) in [6.45, 7) is 0.472. The highest BCUT2D eigenvalue weighted by Gasteiger charge is 2.34. The number of unbranched alkanes of at least 4 members (excludes halogenated alkanes) is 1. The topological polar surface area (TPSA) is 454 Å². The van der Waals surface area contributed by atoms with Crippen molar-refractivity contribution in [3.05, 3.63) is 59.7 Å². The van der Waals surface area contributed by atoms with Crippen molar-refractivity contribution in [1.82, 2.24) is 51.5 Å². The van der Waals surface area contributed by atoms with Gasteiger partial charge in [-0.05, 0) is 99.0 Å².